The largest absolute Gasteiger partial charge is 0.370 e. The fourth-order valence-corrected chi connectivity index (χ4v) is 2.24. The summed E-state index contributed by atoms with van der Waals surface area (Å²) < 4.78 is 5.49. The Balaban J connectivity index is 1.97. The van der Waals surface area contributed by atoms with E-state index >= 15 is 0 Å². The monoisotopic (exact) mass is 226 g/mol. The second kappa shape index (κ2) is 8.74. The van der Waals surface area contributed by atoms with Crippen molar-refractivity contribution in [2.45, 2.75) is 77.2 Å². The van der Waals surface area contributed by atoms with Crippen molar-refractivity contribution in [2.75, 3.05) is 6.61 Å². The maximum atomic E-state index is 11.8. The van der Waals surface area contributed by atoms with Crippen LogP contribution in [0.2, 0.25) is 0 Å². The van der Waals surface area contributed by atoms with Crippen molar-refractivity contribution in [3.05, 3.63) is 0 Å². The number of carbonyl (C=O) groups is 1. The topological polar surface area (TPSA) is 26.3 Å². The van der Waals surface area contributed by atoms with E-state index in [0.29, 0.717) is 5.78 Å². The molecule has 1 rings (SSSR count). The molecule has 94 valence electrons. The number of rotatable bonds is 8. The van der Waals surface area contributed by atoms with E-state index < -0.39 is 0 Å². The molecule has 0 saturated carbocycles. The molecule has 0 radical (unpaired) electrons. The van der Waals surface area contributed by atoms with E-state index in [1.54, 1.807) is 0 Å². The first-order chi connectivity index (χ1) is 7.84. The van der Waals surface area contributed by atoms with Crippen LogP contribution in [0, 0.1) is 0 Å². The van der Waals surface area contributed by atoms with Crippen LogP contribution in [0.15, 0.2) is 0 Å². The van der Waals surface area contributed by atoms with Gasteiger partial charge < -0.3 is 4.74 Å². The predicted molar refractivity (Wildman–Crippen MR) is 66.6 cm³/mol. The minimum Gasteiger partial charge on any atom is -0.370 e. The minimum absolute atomic E-state index is 0.0654. The molecule has 2 nitrogen and oxygen atoms in total. The highest BCUT2D eigenvalue weighted by molar-refractivity contribution is 5.83. The number of ketones is 1. The molecular weight excluding hydrogens is 200 g/mol. The summed E-state index contributed by atoms with van der Waals surface area (Å²) in [7, 11) is 0. The summed E-state index contributed by atoms with van der Waals surface area (Å²) in [5, 5.41) is 0. The number of hydrogen-bond acceptors (Lipinski definition) is 2. The zero-order chi connectivity index (χ0) is 11.6. The van der Waals surface area contributed by atoms with Gasteiger partial charge in [-0.15, -0.1) is 0 Å². The molecule has 0 aromatic heterocycles. The standard InChI is InChI=1S/C14H26O2/c1-2-3-4-5-6-7-10-13(15)14-11-8-9-12-16-14/h14H,2-12H2,1H3. The zero-order valence-electron chi connectivity index (χ0n) is 10.7. The van der Waals surface area contributed by atoms with Crippen molar-refractivity contribution in [3.63, 3.8) is 0 Å². The molecule has 0 spiro atoms. The Kier molecular flexibility index (Phi) is 7.48. The van der Waals surface area contributed by atoms with E-state index in [4.69, 9.17) is 4.74 Å². The van der Waals surface area contributed by atoms with Gasteiger partial charge in [-0.25, -0.2) is 0 Å². The molecule has 0 N–H and O–H groups in total. The number of ether oxygens (including phenoxy) is 1. The van der Waals surface area contributed by atoms with Crippen LogP contribution in [-0.2, 0) is 9.53 Å². The minimum atomic E-state index is -0.0654. The van der Waals surface area contributed by atoms with Crippen LogP contribution in [0.4, 0.5) is 0 Å². The third-order valence-electron chi connectivity index (χ3n) is 3.32. The van der Waals surface area contributed by atoms with Gasteiger partial charge in [0.2, 0.25) is 0 Å². The van der Waals surface area contributed by atoms with Crippen LogP contribution >= 0.6 is 0 Å². The summed E-state index contributed by atoms with van der Waals surface area (Å²) in [5.74, 6) is 0.343. The number of Topliss-reactive ketones (excluding diaryl/α,β-unsaturated/α-hetero) is 1. The van der Waals surface area contributed by atoms with Crippen LogP contribution in [0.25, 0.3) is 0 Å². The molecule has 1 aliphatic rings. The van der Waals surface area contributed by atoms with Crippen LogP contribution in [-0.4, -0.2) is 18.5 Å². The molecule has 1 atom stereocenters. The Bertz CT molecular complexity index is 183. The third-order valence-corrected chi connectivity index (χ3v) is 3.32. The first-order valence-electron chi connectivity index (χ1n) is 6.99. The Morgan fingerprint density at radius 3 is 2.56 bits per heavy atom. The van der Waals surface area contributed by atoms with Gasteiger partial charge in [-0.1, -0.05) is 39.0 Å². The number of carbonyl (C=O) groups excluding carboxylic acids is 1. The average molecular weight is 226 g/mol. The van der Waals surface area contributed by atoms with E-state index in [-0.39, 0.29) is 6.10 Å². The van der Waals surface area contributed by atoms with E-state index in [0.717, 1.165) is 38.7 Å². The van der Waals surface area contributed by atoms with Crippen molar-refractivity contribution in [1.82, 2.24) is 0 Å². The van der Waals surface area contributed by atoms with Gasteiger partial charge in [-0.05, 0) is 25.7 Å². The van der Waals surface area contributed by atoms with Crippen LogP contribution < -0.4 is 0 Å². The second-order valence-electron chi connectivity index (χ2n) is 4.84. The Hall–Kier alpha value is -0.370. The Labute approximate surface area is 99.8 Å². The molecule has 0 bridgehead atoms. The molecule has 2 heteroatoms. The second-order valence-corrected chi connectivity index (χ2v) is 4.84. The molecule has 1 fully saturated rings. The molecular formula is C14H26O2. The molecule has 16 heavy (non-hydrogen) atoms. The third kappa shape index (κ3) is 5.64. The Morgan fingerprint density at radius 1 is 1.12 bits per heavy atom. The van der Waals surface area contributed by atoms with Crippen LogP contribution in [0.5, 0.6) is 0 Å². The number of hydrogen-bond donors (Lipinski definition) is 0. The first kappa shape index (κ1) is 13.7. The maximum absolute atomic E-state index is 11.8. The summed E-state index contributed by atoms with van der Waals surface area (Å²) in [6.45, 7) is 3.01. The highest BCUT2D eigenvalue weighted by atomic mass is 16.5. The van der Waals surface area contributed by atoms with E-state index in [1.807, 2.05) is 0 Å². The van der Waals surface area contributed by atoms with Gasteiger partial charge in [0, 0.05) is 13.0 Å². The van der Waals surface area contributed by atoms with Crippen LogP contribution in [0.1, 0.15) is 71.1 Å². The molecule has 0 amide bonds. The van der Waals surface area contributed by atoms with Crippen molar-refractivity contribution in [2.24, 2.45) is 0 Å². The van der Waals surface area contributed by atoms with Crippen molar-refractivity contribution >= 4 is 5.78 Å². The highest BCUT2D eigenvalue weighted by Crippen LogP contribution is 2.16. The quantitative estimate of drug-likeness (QED) is 0.587. The molecule has 0 aromatic carbocycles. The SMILES string of the molecule is CCCCCCCCC(=O)C1CCCCO1. The lowest BCUT2D eigenvalue weighted by atomic mass is 10.0. The number of unbranched alkanes of at least 4 members (excludes halogenated alkanes) is 5. The first-order valence-corrected chi connectivity index (χ1v) is 6.99. The fourth-order valence-electron chi connectivity index (χ4n) is 2.24. The van der Waals surface area contributed by atoms with Gasteiger partial charge in [0.05, 0.1) is 0 Å². The maximum Gasteiger partial charge on any atom is 0.161 e. The summed E-state index contributed by atoms with van der Waals surface area (Å²) in [6.07, 6.45) is 11.4. The highest BCUT2D eigenvalue weighted by Gasteiger charge is 2.20. The van der Waals surface area contributed by atoms with Gasteiger partial charge in [0.15, 0.2) is 5.78 Å². The molecule has 0 aliphatic carbocycles. The summed E-state index contributed by atoms with van der Waals surface area (Å²) in [4.78, 5) is 11.8. The normalized spacial score (nSPS) is 20.9. The van der Waals surface area contributed by atoms with E-state index in [9.17, 15) is 4.79 Å². The average Bonchev–Trinajstić information content (AvgIpc) is 2.34. The van der Waals surface area contributed by atoms with E-state index in [1.165, 1.54) is 32.1 Å². The predicted octanol–water partition coefficient (Wildman–Crippen LogP) is 3.88. The molecule has 1 heterocycles. The van der Waals surface area contributed by atoms with Gasteiger partial charge in [0.1, 0.15) is 6.10 Å². The molecule has 1 saturated heterocycles. The van der Waals surface area contributed by atoms with E-state index in [2.05, 4.69) is 6.92 Å². The smallest absolute Gasteiger partial charge is 0.161 e. The molecule has 1 aliphatic heterocycles. The summed E-state index contributed by atoms with van der Waals surface area (Å²) >= 11 is 0. The van der Waals surface area contributed by atoms with Gasteiger partial charge in [0.25, 0.3) is 0 Å². The van der Waals surface area contributed by atoms with Gasteiger partial charge in [-0.2, -0.15) is 0 Å². The van der Waals surface area contributed by atoms with Crippen LogP contribution in [0.3, 0.4) is 0 Å². The lowest BCUT2D eigenvalue weighted by Crippen LogP contribution is -2.27. The van der Waals surface area contributed by atoms with Crippen molar-refractivity contribution in [1.29, 1.82) is 0 Å². The fraction of sp³-hybridized carbons (Fsp3) is 0.929. The summed E-state index contributed by atoms with van der Waals surface area (Å²) in [5.41, 5.74) is 0. The Morgan fingerprint density at radius 2 is 1.88 bits per heavy atom. The van der Waals surface area contributed by atoms with Crippen molar-refractivity contribution < 1.29 is 9.53 Å². The van der Waals surface area contributed by atoms with Crippen molar-refractivity contribution in [3.8, 4) is 0 Å². The lowest BCUT2D eigenvalue weighted by Gasteiger charge is -2.21. The lowest BCUT2D eigenvalue weighted by molar-refractivity contribution is -0.133. The van der Waals surface area contributed by atoms with Gasteiger partial charge >= 0.3 is 0 Å². The molecule has 1 unspecified atom stereocenters. The van der Waals surface area contributed by atoms with Gasteiger partial charge in [-0.3, -0.25) is 4.79 Å². The molecule has 0 aromatic rings. The zero-order valence-corrected chi connectivity index (χ0v) is 10.7. The summed E-state index contributed by atoms with van der Waals surface area (Å²) in [6, 6.07) is 0.